The zero-order chi connectivity index (χ0) is 13.5. The predicted octanol–water partition coefficient (Wildman–Crippen LogP) is 4.59. The van der Waals surface area contributed by atoms with E-state index in [0.29, 0.717) is 6.04 Å². The molecule has 0 radical (unpaired) electrons. The van der Waals surface area contributed by atoms with E-state index in [9.17, 15) is 0 Å². The molecule has 6 atom stereocenters. The molecule has 0 aromatic carbocycles. The summed E-state index contributed by atoms with van der Waals surface area (Å²) < 4.78 is 0. The SMILES string of the molecule is NC1C(C2CCCCC2)CCC2C3CCCCC3SC12. The summed E-state index contributed by atoms with van der Waals surface area (Å²) >= 11 is 2.33. The van der Waals surface area contributed by atoms with Crippen molar-refractivity contribution < 1.29 is 0 Å². The van der Waals surface area contributed by atoms with Crippen LogP contribution in [-0.2, 0) is 0 Å². The molecule has 4 fully saturated rings. The Kier molecular flexibility index (Phi) is 4.07. The number of nitrogens with two attached hydrogens (primary N) is 1. The second-order valence-corrected chi connectivity index (χ2v) is 9.39. The first kappa shape index (κ1) is 13.9. The lowest BCUT2D eigenvalue weighted by molar-refractivity contribution is 0.123. The van der Waals surface area contributed by atoms with Crippen LogP contribution in [0.3, 0.4) is 0 Å². The van der Waals surface area contributed by atoms with Crippen molar-refractivity contribution in [3.8, 4) is 0 Å². The van der Waals surface area contributed by atoms with Gasteiger partial charge in [0.15, 0.2) is 0 Å². The van der Waals surface area contributed by atoms with Crippen molar-refractivity contribution in [1.29, 1.82) is 0 Å². The maximum Gasteiger partial charge on any atom is 0.0235 e. The number of thioether (sulfide) groups is 1. The highest BCUT2D eigenvalue weighted by molar-refractivity contribution is 8.00. The highest BCUT2D eigenvalue weighted by Crippen LogP contribution is 2.56. The van der Waals surface area contributed by atoms with Gasteiger partial charge in [0.2, 0.25) is 0 Å². The second kappa shape index (κ2) is 5.83. The molecule has 0 aromatic heterocycles. The normalized spacial score (nSPS) is 49.6. The topological polar surface area (TPSA) is 26.0 Å². The molecule has 3 saturated carbocycles. The average Bonchev–Trinajstić information content (AvgIpc) is 2.88. The molecule has 0 amide bonds. The van der Waals surface area contributed by atoms with E-state index in [1.807, 2.05) is 0 Å². The molecule has 4 aliphatic rings. The largest absolute Gasteiger partial charge is 0.326 e. The monoisotopic (exact) mass is 293 g/mol. The van der Waals surface area contributed by atoms with Crippen LogP contribution in [0.5, 0.6) is 0 Å². The van der Waals surface area contributed by atoms with E-state index in [-0.39, 0.29) is 0 Å². The third-order valence-electron chi connectivity index (χ3n) is 7.02. The summed E-state index contributed by atoms with van der Waals surface area (Å²) in [4.78, 5) is 0. The Morgan fingerprint density at radius 2 is 1.35 bits per heavy atom. The Morgan fingerprint density at radius 1 is 0.650 bits per heavy atom. The van der Waals surface area contributed by atoms with Gasteiger partial charge in [0, 0.05) is 16.5 Å². The maximum absolute atomic E-state index is 6.83. The predicted molar refractivity (Wildman–Crippen MR) is 87.9 cm³/mol. The molecule has 2 N–H and O–H groups in total. The molecule has 4 rings (SSSR count). The fraction of sp³-hybridized carbons (Fsp3) is 1.00. The van der Waals surface area contributed by atoms with Crippen LogP contribution in [0.25, 0.3) is 0 Å². The summed E-state index contributed by atoms with van der Waals surface area (Å²) in [5.74, 6) is 3.87. The molecule has 6 unspecified atom stereocenters. The number of hydrogen-bond acceptors (Lipinski definition) is 2. The van der Waals surface area contributed by atoms with Gasteiger partial charge in [0.1, 0.15) is 0 Å². The number of fused-ring (bicyclic) bond motifs is 3. The molecule has 0 bridgehead atoms. The van der Waals surface area contributed by atoms with E-state index in [4.69, 9.17) is 5.73 Å². The summed E-state index contributed by atoms with van der Waals surface area (Å²) in [5, 5.41) is 1.80. The van der Waals surface area contributed by atoms with Crippen LogP contribution in [0.2, 0.25) is 0 Å². The molecule has 1 aliphatic heterocycles. The van der Waals surface area contributed by atoms with Gasteiger partial charge in [-0.1, -0.05) is 44.9 Å². The molecule has 2 heteroatoms. The van der Waals surface area contributed by atoms with Crippen LogP contribution in [0.4, 0.5) is 0 Å². The zero-order valence-electron chi connectivity index (χ0n) is 12.8. The van der Waals surface area contributed by atoms with E-state index in [1.165, 1.54) is 70.6 Å². The molecule has 20 heavy (non-hydrogen) atoms. The van der Waals surface area contributed by atoms with Crippen molar-refractivity contribution in [2.24, 2.45) is 29.4 Å². The maximum atomic E-state index is 6.83. The minimum Gasteiger partial charge on any atom is -0.326 e. The van der Waals surface area contributed by atoms with E-state index in [2.05, 4.69) is 11.8 Å². The van der Waals surface area contributed by atoms with E-state index >= 15 is 0 Å². The van der Waals surface area contributed by atoms with Gasteiger partial charge < -0.3 is 5.73 Å². The quantitative estimate of drug-likeness (QED) is 0.765. The molecule has 1 nitrogen and oxygen atoms in total. The van der Waals surface area contributed by atoms with Gasteiger partial charge in [-0.3, -0.25) is 0 Å². The van der Waals surface area contributed by atoms with Crippen molar-refractivity contribution >= 4 is 11.8 Å². The third kappa shape index (κ3) is 2.35. The summed E-state index contributed by atoms with van der Waals surface area (Å²) in [6.45, 7) is 0. The standard InChI is InChI=1S/C18H31NS/c19-17-13(12-6-2-1-3-7-12)10-11-15-14-8-4-5-9-16(14)20-18(15)17/h12-18H,1-11,19H2. The lowest BCUT2D eigenvalue weighted by Gasteiger charge is -2.43. The van der Waals surface area contributed by atoms with Crippen LogP contribution < -0.4 is 5.73 Å². The smallest absolute Gasteiger partial charge is 0.0235 e. The average molecular weight is 294 g/mol. The lowest BCUT2D eigenvalue weighted by atomic mass is 9.64. The van der Waals surface area contributed by atoms with Crippen LogP contribution in [0.15, 0.2) is 0 Å². The van der Waals surface area contributed by atoms with E-state index in [0.717, 1.165) is 34.2 Å². The summed E-state index contributed by atoms with van der Waals surface area (Å²) in [6.07, 6.45) is 16.3. The highest BCUT2D eigenvalue weighted by atomic mass is 32.2. The highest BCUT2D eigenvalue weighted by Gasteiger charge is 2.51. The van der Waals surface area contributed by atoms with Crippen LogP contribution in [-0.4, -0.2) is 16.5 Å². The molecule has 1 saturated heterocycles. The third-order valence-corrected chi connectivity index (χ3v) is 8.93. The van der Waals surface area contributed by atoms with Gasteiger partial charge in [0.25, 0.3) is 0 Å². The Morgan fingerprint density at radius 3 is 2.20 bits per heavy atom. The molecule has 1 heterocycles. The van der Waals surface area contributed by atoms with Gasteiger partial charge in [-0.2, -0.15) is 11.8 Å². The molecular weight excluding hydrogens is 262 g/mol. The minimum absolute atomic E-state index is 0.521. The van der Waals surface area contributed by atoms with Crippen molar-refractivity contribution in [1.82, 2.24) is 0 Å². The molecule has 0 aromatic rings. The van der Waals surface area contributed by atoms with Gasteiger partial charge in [0.05, 0.1) is 0 Å². The fourth-order valence-corrected chi connectivity index (χ4v) is 8.19. The minimum atomic E-state index is 0.521. The molecule has 3 aliphatic carbocycles. The zero-order valence-corrected chi connectivity index (χ0v) is 13.6. The van der Waals surface area contributed by atoms with Gasteiger partial charge in [-0.25, -0.2) is 0 Å². The van der Waals surface area contributed by atoms with Crippen LogP contribution in [0.1, 0.15) is 70.6 Å². The van der Waals surface area contributed by atoms with Gasteiger partial charge >= 0.3 is 0 Å². The van der Waals surface area contributed by atoms with Crippen LogP contribution in [0, 0.1) is 23.7 Å². The molecular formula is C18H31NS. The van der Waals surface area contributed by atoms with E-state index in [1.54, 1.807) is 0 Å². The van der Waals surface area contributed by atoms with Gasteiger partial charge in [-0.05, 0) is 49.4 Å². The van der Waals surface area contributed by atoms with Gasteiger partial charge in [-0.15, -0.1) is 0 Å². The van der Waals surface area contributed by atoms with Crippen molar-refractivity contribution in [3.05, 3.63) is 0 Å². The molecule has 114 valence electrons. The van der Waals surface area contributed by atoms with Crippen molar-refractivity contribution in [2.45, 2.75) is 87.2 Å². The van der Waals surface area contributed by atoms with Crippen LogP contribution >= 0.6 is 11.8 Å². The first-order valence-electron chi connectivity index (χ1n) is 9.25. The number of rotatable bonds is 1. The Balaban J connectivity index is 1.47. The first-order chi connectivity index (χ1) is 9.84. The molecule has 0 spiro atoms. The first-order valence-corrected chi connectivity index (χ1v) is 10.2. The fourth-order valence-electron chi connectivity index (χ4n) is 6.02. The summed E-state index contributed by atoms with van der Waals surface area (Å²) in [5.41, 5.74) is 6.83. The Hall–Kier alpha value is 0.310. The van der Waals surface area contributed by atoms with Crippen molar-refractivity contribution in [3.63, 3.8) is 0 Å². The number of hydrogen-bond donors (Lipinski definition) is 1. The van der Waals surface area contributed by atoms with Crippen molar-refractivity contribution in [2.75, 3.05) is 0 Å². The van der Waals surface area contributed by atoms with E-state index < -0.39 is 0 Å². The lowest BCUT2D eigenvalue weighted by Crippen LogP contribution is -2.49. The summed E-state index contributed by atoms with van der Waals surface area (Å²) in [6, 6.07) is 0.521. The summed E-state index contributed by atoms with van der Waals surface area (Å²) in [7, 11) is 0. The Bertz CT molecular complexity index is 338. The Labute approximate surface area is 128 Å². The second-order valence-electron chi connectivity index (χ2n) is 7.97.